The van der Waals surface area contributed by atoms with Gasteiger partial charge in [0, 0.05) is 11.6 Å². The fourth-order valence-electron chi connectivity index (χ4n) is 0.950. The highest BCUT2D eigenvalue weighted by molar-refractivity contribution is 9.10. The van der Waals surface area contributed by atoms with E-state index in [1.807, 2.05) is 0 Å². The maximum absolute atomic E-state index is 10.4. The molecule has 0 fully saturated rings. The molecule has 4 nitrogen and oxygen atoms in total. The molecule has 0 atom stereocenters. The molecule has 0 saturated carbocycles. The van der Waals surface area contributed by atoms with Gasteiger partial charge in [0.2, 0.25) is 0 Å². The van der Waals surface area contributed by atoms with Gasteiger partial charge in [0.25, 0.3) is 5.69 Å². The van der Waals surface area contributed by atoms with Crippen molar-refractivity contribution in [3.05, 3.63) is 32.3 Å². The average Bonchev–Trinajstić information content (AvgIpc) is 1.82. The number of aryl methyl sites for hydroxylation is 1. The molecule has 0 aromatic heterocycles. The van der Waals surface area contributed by atoms with Gasteiger partial charge in [-0.15, -0.1) is 0 Å². The van der Waals surface area contributed by atoms with Crippen LogP contribution in [0.2, 0.25) is 0 Å². The third kappa shape index (κ3) is 1.55. The van der Waals surface area contributed by atoms with Gasteiger partial charge in [0.15, 0.2) is 0 Å². The Morgan fingerprint density at radius 3 is 2.58 bits per heavy atom. The van der Waals surface area contributed by atoms with Crippen molar-refractivity contribution >= 4 is 21.6 Å². The fourth-order valence-corrected chi connectivity index (χ4v) is 1.64. The lowest BCUT2D eigenvalue weighted by atomic mass is 10.2. The summed E-state index contributed by atoms with van der Waals surface area (Å²) >= 11 is 3.00. The van der Waals surface area contributed by atoms with Crippen LogP contribution in [-0.2, 0) is 0 Å². The van der Waals surface area contributed by atoms with E-state index >= 15 is 0 Å². The Labute approximate surface area is 77.1 Å². The maximum Gasteiger partial charge on any atom is 0.286 e. The molecular weight excluding hydrogens is 226 g/mol. The molecule has 1 N–H and O–H groups in total. The van der Waals surface area contributed by atoms with Gasteiger partial charge >= 0.3 is 0 Å². The molecule has 1 rings (SSSR count). The van der Waals surface area contributed by atoms with Gasteiger partial charge in [-0.25, -0.2) is 0 Å². The highest BCUT2D eigenvalue weighted by Crippen LogP contribution is 2.31. The van der Waals surface area contributed by atoms with Gasteiger partial charge in [0.05, 0.1) is 9.40 Å². The van der Waals surface area contributed by atoms with E-state index < -0.39 is 4.92 Å². The second-order valence-electron chi connectivity index (χ2n) is 2.35. The third-order valence-electron chi connectivity index (χ3n) is 1.42. The molecule has 0 spiro atoms. The van der Waals surface area contributed by atoms with Crippen LogP contribution < -0.4 is 0 Å². The number of phenols is 1. The first-order chi connectivity index (χ1) is 5.52. The van der Waals surface area contributed by atoms with Gasteiger partial charge < -0.3 is 5.11 Å². The smallest absolute Gasteiger partial charge is 0.286 e. The van der Waals surface area contributed by atoms with Crippen molar-refractivity contribution in [2.45, 2.75) is 6.92 Å². The van der Waals surface area contributed by atoms with E-state index in [9.17, 15) is 10.1 Å². The summed E-state index contributed by atoms with van der Waals surface area (Å²) in [7, 11) is 0. The number of phenolic OH excluding ortho intramolecular Hbond substituents is 1. The van der Waals surface area contributed by atoms with E-state index in [-0.39, 0.29) is 11.4 Å². The molecular formula is C7H6BrNO3. The third-order valence-corrected chi connectivity index (χ3v) is 2.03. The van der Waals surface area contributed by atoms with E-state index in [0.717, 1.165) is 0 Å². The molecule has 0 unspecified atom stereocenters. The largest absolute Gasteiger partial charge is 0.508 e. The summed E-state index contributed by atoms with van der Waals surface area (Å²) in [5.74, 6) is 0.0185. The van der Waals surface area contributed by atoms with Crippen LogP contribution in [0.3, 0.4) is 0 Å². The molecule has 0 radical (unpaired) electrons. The highest BCUT2D eigenvalue weighted by atomic mass is 79.9. The van der Waals surface area contributed by atoms with Crippen LogP contribution in [0.25, 0.3) is 0 Å². The standard InChI is InChI=1S/C7H6BrNO3/c1-4-2-5(10)3-6(8)7(4)9(11)12/h2-3,10H,1H3. The first-order valence-corrected chi connectivity index (χ1v) is 3.95. The van der Waals surface area contributed by atoms with Crippen molar-refractivity contribution in [2.24, 2.45) is 0 Å². The summed E-state index contributed by atoms with van der Waals surface area (Å²) in [5.41, 5.74) is 0.430. The van der Waals surface area contributed by atoms with E-state index in [0.29, 0.717) is 10.0 Å². The summed E-state index contributed by atoms with van der Waals surface area (Å²) in [6.07, 6.45) is 0. The molecule has 0 aliphatic rings. The second kappa shape index (κ2) is 3.10. The minimum absolute atomic E-state index is 0.00667. The molecule has 0 bridgehead atoms. The lowest BCUT2D eigenvalue weighted by Crippen LogP contribution is -1.92. The Kier molecular flexibility index (Phi) is 2.32. The molecule has 5 heteroatoms. The molecule has 0 heterocycles. The zero-order chi connectivity index (χ0) is 9.30. The van der Waals surface area contributed by atoms with Crippen molar-refractivity contribution in [1.29, 1.82) is 0 Å². The zero-order valence-corrected chi connectivity index (χ0v) is 7.83. The van der Waals surface area contributed by atoms with Crippen LogP contribution in [0, 0.1) is 17.0 Å². The summed E-state index contributed by atoms with van der Waals surface area (Å²) < 4.78 is 0.296. The molecule has 0 saturated heterocycles. The number of halogens is 1. The van der Waals surface area contributed by atoms with Gasteiger partial charge in [-0.1, -0.05) is 0 Å². The number of nitro benzene ring substituents is 1. The number of benzene rings is 1. The number of nitro groups is 1. The number of aromatic hydroxyl groups is 1. The number of hydrogen-bond acceptors (Lipinski definition) is 3. The first-order valence-electron chi connectivity index (χ1n) is 3.16. The number of nitrogens with zero attached hydrogens (tertiary/aromatic N) is 1. The van der Waals surface area contributed by atoms with Crippen LogP contribution in [-0.4, -0.2) is 10.0 Å². The van der Waals surface area contributed by atoms with Crippen LogP contribution in [0.5, 0.6) is 5.75 Å². The monoisotopic (exact) mass is 231 g/mol. The van der Waals surface area contributed by atoms with Crippen molar-refractivity contribution < 1.29 is 10.0 Å². The van der Waals surface area contributed by atoms with Crippen LogP contribution in [0.4, 0.5) is 5.69 Å². The van der Waals surface area contributed by atoms with Crippen LogP contribution in [0.15, 0.2) is 16.6 Å². The predicted molar refractivity (Wildman–Crippen MR) is 47.2 cm³/mol. The van der Waals surface area contributed by atoms with Crippen molar-refractivity contribution in [1.82, 2.24) is 0 Å². The summed E-state index contributed by atoms with van der Waals surface area (Å²) in [4.78, 5) is 9.96. The average molecular weight is 232 g/mol. The molecule has 1 aromatic carbocycles. The second-order valence-corrected chi connectivity index (χ2v) is 3.20. The Hall–Kier alpha value is -1.10. The lowest BCUT2D eigenvalue weighted by Gasteiger charge is -1.99. The van der Waals surface area contributed by atoms with E-state index in [4.69, 9.17) is 5.11 Å². The van der Waals surface area contributed by atoms with E-state index in [2.05, 4.69) is 15.9 Å². The zero-order valence-electron chi connectivity index (χ0n) is 6.24. The molecule has 1 aromatic rings. The quantitative estimate of drug-likeness (QED) is 0.597. The normalized spacial score (nSPS) is 9.83. The van der Waals surface area contributed by atoms with Gasteiger partial charge in [0.1, 0.15) is 5.75 Å². The number of rotatable bonds is 1. The van der Waals surface area contributed by atoms with Gasteiger partial charge in [-0.2, -0.15) is 0 Å². The minimum Gasteiger partial charge on any atom is -0.508 e. The maximum atomic E-state index is 10.4. The van der Waals surface area contributed by atoms with Gasteiger partial charge in [-0.3, -0.25) is 10.1 Å². The lowest BCUT2D eigenvalue weighted by molar-refractivity contribution is -0.386. The summed E-state index contributed by atoms with van der Waals surface area (Å²) in [5, 5.41) is 19.5. The van der Waals surface area contributed by atoms with E-state index in [1.54, 1.807) is 6.92 Å². The number of hydrogen-bond donors (Lipinski definition) is 1. The fraction of sp³-hybridized carbons (Fsp3) is 0.143. The molecule has 64 valence electrons. The summed E-state index contributed by atoms with van der Waals surface area (Å²) in [6, 6.07) is 2.65. The summed E-state index contributed by atoms with van der Waals surface area (Å²) in [6.45, 7) is 1.57. The highest BCUT2D eigenvalue weighted by Gasteiger charge is 2.16. The van der Waals surface area contributed by atoms with Crippen LogP contribution in [0.1, 0.15) is 5.56 Å². The predicted octanol–water partition coefficient (Wildman–Crippen LogP) is 2.37. The Balaban J connectivity index is 3.38. The van der Waals surface area contributed by atoms with Crippen molar-refractivity contribution in [3.8, 4) is 5.75 Å². The Morgan fingerprint density at radius 1 is 1.58 bits per heavy atom. The Morgan fingerprint density at radius 2 is 2.17 bits per heavy atom. The molecule has 0 aliphatic heterocycles. The molecule has 0 aliphatic carbocycles. The molecule has 0 amide bonds. The SMILES string of the molecule is Cc1cc(O)cc(Br)c1[N+](=O)[O-]. The topological polar surface area (TPSA) is 63.4 Å². The first kappa shape index (κ1) is 8.99. The van der Waals surface area contributed by atoms with Crippen molar-refractivity contribution in [2.75, 3.05) is 0 Å². The van der Waals surface area contributed by atoms with Gasteiger partial charge in [-0.05, 0) is 28.9 Å². The minimum atomic E-state index is -0.487. The van der Waals surface area contributed by atoms with Crippen molar-refractivity contribution in [3.63, 3.8) is 0 Å². The van der Waals surface area contributed by atoms with Crippen LogP contribution >= 0.6 is 15.9 Å². The Bertz CT molecular complexity index is 314. The molecule has 12 heavy (non-hydrogen) atoms. The van der Waals surface area contributed by atoms with E-state index in [1.165, 1.54) is 12.1 Å².